The van der Waals surface area contributed by atoms with Gasteiger partial charge in [0, 0.05) is 0 Å². The quantitative estimate of drug-likeness (QED) is 0.270. The molecule has 0 aliphatic carbocycles. The third-order valence-corrected chi connectivity index (χ3v) is 1.78. The van der Waals surface area contributed by atoms with Gasteiger partial charge in [-0.05, 0) is 6.42 Å². The Balaban J connectivity index is 2.33. The number of nitrogens with zero attached hydrogens (tertiary/aromatic N) is 1. The van der Waals surface area contributed by atoms with Gasteiger partial charge in [-0.15, -0.1) is 0 Å². The monoisotopic (exact) mass is 174 g/mol. The van der Waals surface area contributed by atoms with Gasteiger partial charge in [0.25, 0.3) is 0 Å². The number of hydrogen-bond donors (Lipinski definition) is 2. The van der Waals surface area contributed by atoms with Crippen molar-refractivity contribution in [2.24, 2.45) is 10.9 Å². The fraction of sp³-hybridized carbons (Fsp3) is 0.857. The average Bonchev–Trinajstić information content (AvgIpc) is 2.02. The van der Waals surface area contributed by atoms with Crippen LogP contribution >= 0.6 is 0 Å². The van der Waals surface area contributed by atoms with E-state index in [0.29, 0.717) is 19.6 Å². The van der Waals surface area contributed by atoms with Crippen molar-refractivity contribution in [3.05, 3.63) is 0 Å². The second kappa shape index (κ2) is 4.27. The highest BCUT2D eigenvalue weighted by molar-refractivity contribution is 5.84. The summed E-state index contributed by atoms with van der Waals surface area (Å²) in [4.78, 5) is 0. The number of nitrogens with two attached hydrogens (primary N) is 1. The van der Waals surface area contributed by atoms with Crippen LogP contribution in [-0.2, 0) is 9.47 Å². The molecular formula is C7H14N2O3. The fourth-order valence-electron chi connectivity index (χ4n) is 0.964. The molecule has 1 saturated heterocycles. The van der Waals surface area contributed by atoms with Crippen molar-refractivity contribution in [3.63, 3.8) is 0 Å². The summed E-state index contributed by atoms with van der Waals surface area (Å²) in [5.41, 5.74) is 5.39. The number of rotatable bonds is 4. The SMILES string of the molecule is CCC(OC1COC1)C(N)=NO. The molecule has 12 heavy (non-hydrogen) atoms. The summed E-state index contributed by atoms with van der Waals surface area (Å²) in [7, 11) is 0. The molecule has 1 unspecified atom stereocenters. The summed E-state index contributed by atoms with van der Waals surface area (Å²) >= 11 is 0. The molecule has 1 aliphatic heterocycles. The first-order valence-electron chi connectivity index (χ1n) is 3.98. The summed E-state index contributed by atoms with van der Waals surface area (Å²) in [6, 6.07) is 0. The molecule has 0 amide bonds. The van der Waals surface area contributed by atoms with Crippen LogP contribution in [0.5, 0.6) is 0 Å². The third kappa shape index (κ3) is 2.09. The van der Waals surface area contributed by atoms with Crippen LogP contribution < -0.4 is 5.73 Å². The molecule has 0 aromatic heterocycles. The van der Waals surface area contributed by atoms with E-state index in [9.17, 15) is 0 Å². The molecule has 5 nitrogen and oxygen atoms in total. The predicted molar refractivity (Wildman–Crippen MR) is 43.2 cm³/mol. The minimum atomic E-state index is -0.288. The van der Waals surface area contributed by atoms with Crippen LogP contribution in [-0.4, -0.2) is 36.5 Å². The fourth-order valence-corrected chi connectivity index (χ4v) is 0.964. The van der Waals surface area contributed by atoms with Crippen LogP contribution in [0.2, 0.25) is 0 Å². The number of hydrogen-bond acceptors (Lipinski definition) is 4. The van der Waals surface area contributed by atoms with Crippen molar-refractivity contribution in [2.45, 2.75) is 25.6 Å². The summed E-state index contributed by atoms with van der Waals surface area (Å²) in [5.74, 6) is 0.129. The molecular weight excluding hydrogens is 160 g/mol. The number of oxime groups is 1. The zero-order valence-corrected chi connectivity index (χ0v) is 7.06. The Morgan fingerprint density at radius 3 is 2.83 bits per heavy atom. The van der Waals surface area contributed by atoms with Crippen molar-refractivity contribution in [1.82, 2.24) is 0 Å². The van der Waals surface area contributed by atoms with Crippen LogP contribution in [0.3, 0.4) is 0 Å². The van der Waals surface area contributed by atoms with Gasteiger partial charge in [0.05, 0.1) is 13.2 Å². The van der Waals surface area contributed by atoms with Crippen molar-refractivity contribution in [3.8, 4) is 0 Å². The van der Waals surface area contributed by atoms with Crippen molar-refractivity contribution < 1.29 is 14.7 Å². The Morgan fingerprint density at radius 1 is 1.83 bits per heavy atom. The number of amidine groups is 1. The van der Waals surface area contributed by atoms with E-state index in [1.165, 1.54) is 0 Å². The smallest absolute Gasteiger partial charge is 0.168 e. The van der Waals surface area contributed by atoms with Crippen LogP contribution in [0.15, 0.2) is 5.16 Å². The first kappa shape index (κ1) is 9.28. The molecule has 0 bridgehead atoms. The Hall–Kier alpha value is -0.810. The summed E-state index contributed by atoms with van der Waals surface area (Å²) in [5, 5.41) is 11.3. The molecule has 0 spiro atoms. The Kier molecular flexibility index (Phi) is 3.31. The lowest BCUT2D eigenvalue weighted by molar-refractivity contribution is -0.141. The van der Waals surface area contributed by atoms with Crippen molar-refractivity contribution in [2.75, 3.05) is 13.2 Å². The molecule has 0 aromatic rings. The minimum Gasteiger partial charge on any atom is -0.409 e. The highest BCUT2D eigenvalue weighted by atomic mass is 16.6. The van der Waals surface area contributed by atoms with Gasteiger partial charge in [-0.25, -0.2) is 0 Å². The maximum absolute atomic E-state index is 8.39. The van der Waals surface area contributed by atoms with E-state index in [2.05, 4.69) is 5.16 Å². The van der Waals surface area contributed by atoms with E-state index >= 15 is 0 Å². The predicted octanol–water partition coefficient (Wildman–Crippen LogP) is -0.0732. The Labute approximate surface area is 71.1 Å². The van der Waals surface area contributed by atoms with Crippen molar-refractivity contribution >= 4 is 5.84 Å². The Morgan fingerprint density at radius 2 is 2.50 bits per heavy atom. The van der Waals surface area contributed by atoms with E-state index in [4.69, 9.17) is 20.4 Å². The molecule has 1 heterocycles. The zero-order valence-electron chi connectivity index (χ0n) is 7.06. The van der Waals surface area contributed by atoms with Gasteiger partial charge < -0.3 is 20.4 Å². The lowest BCUT2D eigenvalue weighted by Gasteiger charge is -2.29. The zero-order chi connectivity index (χ0) is 8.97. The molecule has 0 radical (unpaired) electrons. The van der Waals surface area contributed by atoms with Gasteiger partial charge in [-0.1, -0.05) is 12.1 Å². The molecule has 1 rings (SSSR count). The van der Waals surface area contributed by atoms with Crippen LogP contribution in [0, 0.1) is 0 Å². The van der Waals surface area contributed by atoms with Gasteiger partial charge in [-0.3, -0.25) is 0 Å². The summed E-state index contributed by atoms with van der Waals surface area (Å²) in [6.45, 7) is 3.13. The van der Waals surface area contributed by atoms with Gasteiger partial charge in [0.15, 0.2) is 5.84 Å². The van der Waals surface area contributed by atoms with E-state index in [-0.39, 0.29) is 18.0 Å². The molecule has 1 fully saturated rings. The topological polar surface area (TPSA) is 77.1 Å². The van der Waals surface area contributed by atoms with Crippen LogP contribution in [0.4, 0.5) is 0 Å². The second-order valence-corrected chi connectivity index (χ2v) is 2.72. The summed E-state index contributed by atoms with van der Waals surface area (Å²) < 4.78 is 10.4. The largest absolute Gasteiger partial charge is 0.409 e. The molecule has 0 saturated carbocycles. The van der Waals surface area contributed by atoms with Gasteiger partial charge in [-0.2, -0.15) is 0 Å². The van der Waals surface area contributed by atoms with E-state index < -0.39 is 0 Å². The highest BCUT2D eigenvalue weighted by Gasteiger charge is 2.24. The first-order valence-corrected chi connectivity index (χ1v) is 3.98. The summed E-state index contributed by atoms with van der Waals surface area (Å²) in [6.07, 6.45) is 0.519. The second-order valence-electron chi connectivity index (χ2n) is 2.72. The molecule has 3 N–H and O–H groups in total. The van der Waals surface area contributed by atoms with E-state index in [0.717, 1.165) is 0 Å². The van der Waals surface area contributed by atoms with Crippen LogP contribution in [0.1, 0.15) is 13.3 Å². The van der Waals surface area contributed by atoms with Gasteiger partial charge in [0.1, 0.15) is 12.2 Å². The molecule has 1 atom stereocenters. The Bertz CT molecular complexity index is 168. The average molecular weight is 174 g/mol. The molecule has 0 aromatic carbocycles. The maximum Gasteiger partial charge on any atom is 0.168 e. The van der Waals surface area contributed by atoms with E-state index in [1.807, 2.05) is 6.92 Å². The third-order valence-electron chi connectivity index (χ3n) is 1.78. The van der Waals surface area contributed by atoms with E-state index in [1.54, 1.807) is 0 Å². The molecule has 70 valence electrons. The highest BCUT2D eigenvalue weighted by Crippen LogP contribution is 2.10. The van der Waals surface area contributed by atoms with Gasteiger partial charge >= 0.3 is 0 Å². The van der Waals surface area contributed by atoms with Crippen molar-refractivity contribution in [1.29, 1.82) is 0 Å². The van der Waals surface area contributed by atoms with Gasteiger partial charge in [0.2, 0.25) is 0 Å². The normalized spacial score (nSPS) is 21.9. The molecule has 1 aliphatic rings. The first-order chi connectivity index (χ1) is 5.77. The minimum absolute atomic E-state index is 0.107. The standard InChI is InChI=1S/C7H14N2O3/c1-2-6(7(8)9-10)12-5-3-11-4-5/h5-6,10H,2-4H2,1H3,(H2,8,9). The lowest BCUT2D eigenvalue weighted by atomic mass is 10.2. The number of ether oxygens (including phenoxy) is 2. The lowest BCUT2D eigenvalue weighted by Crippen LogP contribution is -2.43. The molecule has 5 heteroatoms. The maximum atomic E-state index is 8.39. The van der Waals surface area contributed by atoms with Crippen LogP contribution in [0.25, 0.3) is 0 Å².